The Labute approximate surface area is 83.5 Å². The fourth-order valence-electron chi connectivity index (χ4n) is 0.629. The Morgan fingerprint density at radius 1 is 1.75 bits per heavy atom. The number of halogens is 1. The largest absolute Gasteiger partial charge is 0.453 e. The first-order valence-corrected chi connectivity index (χ1v) is 4.27. The van der Waals surface area contributed by atoms with Crippen molar-refractivity contribution in [2.45, 2.75) is 0 Å². The van der Waals surface area contributed by atoms with Gasteiger partial charge in [0.15, 0.2) is 0 Å². The van der Waals surface area contributed by atoms with E-state index in [0.29, 0.717) is 5.82 Å². The third-order valence-corrected chi connectivity index (χ3v) is 1.81. The first-order chi connectivity index (χ1) is 5.72. The van der Waals surface area contributed by atoms with Gasteiger partial charge in [0.05, 0.1) is 7.11 Å². The van der Waals surface area contributed by atoms with Crippen LogP contribution in [0.25, 0.3) is 0 Å². The van der Waals surface area contributed by atoms with E-state index in [4.69, 9.17) is 0 Å². The van der Waals surface area contributed by atoms with E-state index in [-0.39, 0.29) is 0 Å². The third-order valence-electron chi connectivity index (χ3n) is 1.14. The normalized spacial score (nSPS) is 9.17. The highest BCUT2D eigenvalue weighted by atomic mass is 127. The van der Waals surface area contributed by atoms with Crippen LogP contribution < -0.4 is 5.32 Å². The molecule has 0 spiro atoms. The van der Waals surface area contributed by atoms with Gasteiger partial charge in [0.1, 0.15) is 5.82 Å². The van der Waals surface area contributed by atoms with Crippen molar-refractivity contribution < 1.29 is 9.53 Å². The molecule has 0 bridgehead atoms. The number of anilines is 1. The van der Waals surface area contributed by atoms with Crippen LogP contribution in [0.3, 0.4) is 0 Å². The van der Waals surface area contributed by atoms with Crippen molar-refractivity contribution >= 4 is 34.5 Å². The number of ether oxygens (including phenoxy) is 1. The summed E-state index contributed by atoms with van der Waals surface area (Å²) in [5.74, 6) is 0.494. The number of carbonyl (C=O) groups excluding carboxylic acids is 1. The van der Waals surface area contributed by atoms with Gasteiger partial charge in [0, 0.05) is 9.77 Å². The number of pyridine rings is 1. The minimum Gasteiger partial charge on any atom is -0.453 e. The van der Waals surface area contributed by atoms with Crippen LogP contribution in [0, 0.1) is 3.57 Å². The van der Waals surface area contributed by atoms with Gasteiger partial charge in [-0.25, -0.2) is 9.78 Å². The molecule has 0 radical (unpaired) electrons. The number of amides is 1. The molecule has 5 heteroatoms. The lowest BCUT2D eigenvalue weighted by molar-refractivity contribution is 0.187. The molecular weight excluding hydrogens is 271 g/mol. The first kappa shape index (κ1) is 9.24. The molecule has 0 aromatic carbocycles. The second kappa shape index (κ2) is 4.24. The number of rotatable bonds is 1. The molecule has 1 heterocycles. The number of carbonyl (C=O) groups is 1. The van der Waals surface area contributed by atoms with E-state index in [0.717, 1.165) is 3.57 Å². The highest BCUT2D eigenvalue weighted by Gasteiger charge is 2.00. The molecule has 0 fully saturated rings. The molecule has 0 aliphatic rings. The van der Waals surface area contributed by atoms with Crippen molar-refractivity contribution in [2.24, 2.45) is 0 Å². The summed E-state index contributed by atoms with van der Waals surface area (Å²) in [6.07, 6.45) is 1.11. The minimum atomic E-state index is -0.510. The molecule has 1 aromatic heterocycles. The summed E-state index contributed by atoms with van der Waals surface area (Å²) in [7, 11) is 1.31. The van der Waals surface area contributed by atoms with Crippen molar-refractivity contribution in [1.82, 2.24) is 4.98 Å². The molecule has 0 aliphatic heterocycles. The summed E-state index contributed by atoms with van der Waals surface area (Å²) in [5.41, 5.74) is 0. The lowest BCUT2D eigenvalue weighted by atomic mass is 10.5. The van der Waals surface area contributed by atoms with Gasteiger partial charge in [-0.1, -0.05) is 0 Å². The molecule has 4 nitrogen and oxygen atoms in total. The Morgan fingerprint density at radius 2 is 2.50 bits per heavy atom. The fraction of sp³-hybridized carbons (Fsp3) is 0.143. The summed E-state index contributed by atoms with van der Waals surface area (Å²) in [6, 6.07) is 3.58. The predicted molar refractivity (Wildman–Crippen MR) is 53.0 cm³/mol. The number of hydrogen-bond acceptors (Lipinski definition) is 3. The van der Waals surface area contributed by atoms with Gasteiger partial charge in [0.2, 0.25) is 0 Å². The van der Waals surface area contributed by atoms with Crippen LogP contribution in [-0.4, -0.2) is 18.2 Å². The summed E-state index contributed by atoms with van der Waals surface area (Å²) < 4.78 is 5.41. The van der Waals surface area contributed by atoms with E-state index in [2.05, 4.69) is 37.6 Å². The Morgan fingerprint density at radius 3 is 3.08 bits per heavy atom. The number of methoxy groups -OCH3 is 1. The monoisotopic (exact) mass is 278 g/mol. The van der Waals surface area contributed by atoms with Gasteiger partial charge >= 0.3 is 6.09 Å². The topological polar surface area (TPSA) is 51.2 Å². The van der Waals surface area contributed by atoms with Crippen molar-refractivity contribution in [3.8, 4) is 0 Å². The van der Waals surface area contributed by atoms with Crippen LogP contribution >= 0.6 is 22.6 Å². The van der Waals surface area contributed by atoms with Crippen LogP contribution in [0.5, 0.6) is 0 Å². The lowest BCUT2D eigenvalue weighted by Crippen LogP contribution is -2.11. The summed E-state index contributed by atoms with van der Waals surface area (Å²) in [6.45, 7) is 0. The molecule has 1 aromatic rings. The van der Waals surface area contributed by atoms with Gasteiger partial charge < -0.3 is 4.74 Å². The fourth-order valence-corrected chi connectivity index (χ4v) is 1.08. The quantitative estimate of drug-likeness (QED) is 0.798. The van der Waals surface area contributed by atoms with Crippen LogP contribution in [0.4, 0.5) is 10.6 Å². The van der Waals surface area contributed by atoms with E-state index >= 15 is 0 Å². The van der Waals surface area contributed by atoms with Crippen LogP contribution in [0.2, 0.25) is 0 Å². The van der Waals surface area contributed by atoms with E-state index in [1.54, 1.807) is 12.3 Å². The molecule has 1 amide bonds. The second-order valence-corrected chi connectivity index (χ2v) is 3.22. The molecular formula is C7H7IN2O2. The predicted octanol–water partition coefficient (Wildman–Crippen LogP) is 1.86. The number of aromatic nitrogens is 1. The standard InChI is InChI=1S/C7H7IN2O2/c1-12-7(11)10-6-4-5(8)2-3-9-6/h2-4H,1H3,(H,9,10,11). The summed E-state index contributed by atoms with van der Waals surface area (Å²) in [5, 5.41) is 2.46. The minimum absolute atomic E-state index is 0.494. The average molecular weight is 278 g/mol. The lowest BCUT2D eigenvalue weighted by Gasteiger charge is -2.01. The van der Waals surface area contributed by atoms with Crippen LogP contribution in [-0.2, 0) is 4.74 Å². The zero-order chi connectivity index (χ0) is 8.97. The number of nitrogens with zero attached hydrogens (tertiary/aromatic N) is 1. The van der Waals surface area contributed by atoms with Gasteiger partial charge in [0.25, 0.3) is 0 Å². The molecule has 12 heavy (non-hydrogen) atoms. The Hall–Kier alpha value is -0.850. The highest BCUT2D eigenvalue weighted by Crippen LogP contribution is 2.08. The maximum absolute atomic E-state index is 10.7. The maximum Gasteiger partial charge on any atom is 0.412 e. The van der Waals surface area contributed by atoms with Crippen LogP contribution in [0.15, 0.2) is 18.3 Å². The smallest absolute Gasteiger partial charge is 0.412 e. The SMILES string of the molecule is COC(=O)Nc1cc(I)ccn1. The molecule has 0 unspecified atom stereocenters. The maximum atomic E-state index is 10.7. The van der Waals surface area contributed by atoms with Gasteiger partial charge in [-0.3, -0.25) is 5.32 Å². The number of hydrogen-bond donors (Lipinski definition) is 1. The zero-order valence-corrected chi connectivity index (χ0v) is 8.53. The van der Waals surface area contributed by atoms with Crippen molar-refractivity contribution in [1.29, 1.82) is 0 Å². The molecule has 0 saturated heterocycles. The number of nitrogens with one attached hydrogen (secondary N) is 1. The van der Waals surface area contributed by atoms with Crippen molar-refractivity contribution in [2.75, 3.05) is 12.4 Å². The van der Waals surface area contributed by atoms with E-state index in [1.807, 2.05) is 6.07 Å². The molecule has 0 saturated carbocycles. The average Bonchev–Trinajstić information content (AvgIpc) is 2.04. The summed E-state index contributed by atoms with van der Waals surface area (Å²) >= 11 is 2.13. The van der Waals surface area contributed by atoms with E-state index in [1.165, 1.54) is 7.11 Å². The Balaban J connectivity index is 2.69. The van der Waals surface area contributed by atoms with Gasteiger partial charge in [-0.15, -0.1) is 0 Å². The molecule has 64 valence electrons. The Kier molecular flexibility index (Phi) is 3.27. The summed E-state index contributed by atoms with van der Waals surface area (Å²) in [4.78, 5) is 14.6. The Bertz CT molecular complexity index is 290. The van der Waals surface area contributed by atoms with Gasteiger partial charge in [-0.2, -0.15) is 0 Å². The molecule has 1 N–H and O–H groups in total. The zero-order valence-electron chi connectivity index (χ0n) is 6.37. The van der Waals surface area contributed by atoms with Gasteiger partial charge in [-0.05, 0) is 34.7 Å². The third kappa shape index (κ3) is 2.65. The molecule has 1 rings (SSSR count). The second-order valence-electron chi connectivity index (χ2n) is 1.98. The van der Waals surface area contributed by atoms with Crippen molar-refractivity contribution in [3.05, 3.63) is 21.9 Å². The van der Waals surface area contributed by atoms with Crippen LogP contribution in [0.1, 0.15) is 0 Å². The highest BCUT2D eigenvalue weighted by molar-refractivity contribution is 14.1. The first-order valence-electron chi connectivity index (χ1n) is 3.19. The molecule has 0 atom stereocenters. The van der Waals surface area contributed by atoms with E-state index < -0.39 is 6.09 Å². The van der Waals surface area contributed by atoms with Crippen molar-refractivity contribution in [3.63, 3.8) is 0 Å². The van der Waals surface area contributed by atoms with E-state index in [9.17, 15) is 4.79 Å². The molecule has 0 aliphatic carbocycles.